The van der Waals surface area contributed by atoms with Crippen LogP contribution in [-0.2, 0) is 4.74 Å². The zero-order chi connectivity index (χ0) is 21.3. The molecule has 30 heavy (non-hydrogen) atoms. The van der Waals surface area contributed by atoms with E-state index in [1.807, 2.05) is 51.1 Å². The molecule has 1 aliphatic heterocycles. The van der Waals surface area contributed by atoms with E-state index < -0.39 is 5.60 Å². The minimum absolute atomic E-state index is 0.263. The molecule has 3 aromatic rings. The zero-order valence-corrected chi connectivity index (χ0v) is 18.2. The third-order valence-corrected chi connectivity index (χ3v) is 5.27. The van der Waals surface area contributed by atoms with Crippen molar-refractivity contribution in [2.24, 2.45) is 0 Å². The fraction of sp³-hybridized carbons (Fsp3) is 0.280. The van der Waals surface area contributed by atoms with Crippen LogP contribution >= 0.6 is 11.6 Å². The monoisotopic (exact) mass is 420 g/mol. The van der Waals surface area contributed by atoms with E-state index in [1.54, 1.807) is 4.90 Å². The molecule has 1 aromatic heterocycles. The van der Waals surface area contributed by atoms with Crippen LogP contribution in [0.25, 0.3) is 27.6 Å². The van der Waals surface area contributed by atoms with E-state index in [-0.39, 0.29) is 6.09 Å². The second-order valence-corrected chi connectivity index (χ2v) is 8.89. The van der Waals surface area contributed by atoms with Crippen LogP contribution in [0.3, 0.4) is 0 Å². The molecule has 0 saturated carbocycles. The molecule has 0 radical (unpaired) electrons. The quantitative estimate of drug-likeness (QED) is 0.440. The van der Waals surface area contributed by atoms with Crippen molar-refractivity contribution in [3.05, 3.63) is 71.4 Å². The lowest BCUT2D eigenvalue weighted by atomic mass is 9.96. The van der Waals surface area contributed by atoms with E-state index in [9.17, 15) is 4.79 Å². The summed E-state index contributed by atoms with van der Waals surface area (Å²) in [4.78, 5) is 18.7. The first kappa shape index (κ1) is 20.4. The molecule has 0 spiro atoms. The molecule has 1 amide bonds. The van der Waals surface area contributed by atoms with Crippen molar-refractivity contribution in [2.75, 3.05) is 13.1 Å². The number of carbonyl (C=O) groups excluding carboxylic acids is 1. The van der Waals surface area contributed by atoms with Crippen LogP contribution in [0.1, 0.15) is 32.8 Å². The average molecular weight is 421 g/mol. The van der Waals surface area contributed by atoms with Gasteiger partial charge in [-0.3, -0.25) is 0 Å². The number of hydrogen-bond acceptors (Lipinski definition) is 3. The van der Waals surface area contributed by atoms with E-state index in [4.69, 9.17) is 16.3 Å². The molecule has 154 valence electrons. The Morgan fingerprint density at radius 1 is 1.07 bits per heavy atom. The Balaban J connectivity index is 1.61. The number of pyridine rings is 1. The lowest BCUT2D eigenvalue weighted by molar-refractivity contribution is 0.0270. The molecule has 2 heterocycles. The van der Waals surface area contributed by atoms with Crippen molar-refractivity contribution in [1.82, 2.24) is 9.88 Å². The number of carbonyl (C=O) groups is 1. The van der Waals surface area contributed by atoms with Gasteiger partial charge in [0.25, 0.3) is 0 Å². The summed E-state index contributed by atoms with van der Waals surface area (Å²) in [5.41, 5.74) is 3.79. The largest absolute Gasteiger partial charge is 0.444 e. The molecule has 4 rings (SSSR count). The van der Waals surface area contributed by atoms with Crippen LogP contribution in [0.5, 0.6) is 0 Å². The number of hydrogen-bond donors (Lipinski definition) is 0. The Morgan fingerprint density at radius 3 is 2.57 bits per heavy atom. The third kappa shape index (κ3) is 4.49. The Morgan fingerprint density at radius 2 is 1.83 bits per heavy atom. The maximum absolute atomic E-state index is 12.3. The molecule has 0 saturated heterocycles. The van der Waals surface area contributed by atoms with E-state index in [0.29, 0.717) is 18.2 Å². The third-order valence-electron chi connectivity index (χ3n) is 5.08. The van der Waals surface area contributed by atoms with Gasteiger partial charge in [0, 0.05) is 24.0 Å². The van der Waals surface area contributed by atoms with Crippen molar-refractivity contribution in [3.63, 3.8) is 0 Å². The van der Waals surface area contributed by atoms with E-state index in [2.05, 4.69) is 35.3 Å². The molecule has 0 N–H and O–H groups in total. The summed E-state index contributed by atoms with van der Waals surface area (Å²) < 4.78 is 5.48. The highest BCUT2D eigenvalue weighted by Gasteiger charge is 2.24. The highest BCUT2D eigenvalue weighted by molar-refractivity contribution is 6.30. The van der Waals surface area contributed by atoms with Crippen LogP contribution in [0, 0.1) is 0 Å². The van der Waals surface area contributed by atoms with Crippen LogP contribution in [0.2, 0.25) is 5.15 Å². The summed E-state index contributed by atoms with van der Waals surface area (Å²) >= 11 is 6.28. The maximum atomic E-state index is 12.3. The SMILES string of the molecule is CC(C)(C)OC(=O)N1CC=C(c2cccc(-c3nc(Cl)cc4ccccc34)c2)CC1. The fourth-order valence-corrected chi connectivity index (χ4v) is 3.88. The molecule has 0 unspecified atom stereocenters. The first-order chi connectivity index (χ1) is 14.3. The number of ether oxygens (including phenoxy) is 1. The highest BCUT2D eigenvalue weighted by Crippen LogP contribution is 2.32. The number of amides is 1. The highest BCUT2D eigenvalue weighted by atomic mass is 35.5. The van der Waals surface area contributed by atoms with Crippen molar-refractivity contribution in [3.8, 4) is 11.3 Å². The van der Waals surface area contributed by atoms with E-state index in [0.717, 1.165) is 34.0 Å². The van der Waals surface area contributed by atoms with Crippen LogP contribution in [0.4, 0.5) is 4.79 Å². The van der Waals surface area contributed by atoms with Gasteiger partial charge in [-0.05, 0) is 55.8 Å². The smallest absolute Gasteiger partial charge is 0.410 e. The predicted molar refractivity (Wildman–Crippen MR) is 123 cm³/mol. The Bertz CT molecular complexity index is 1130. The first-order valence-corrected chi connectivity index (χ1v) is 10.5. The fourth-order valence-electron chi connectivity index (χ4n) is 3.68. The number of halogens is 1. The van der Waals surface area contributed by atoms with Gasteiger partial charge in [-0.1, -0.05) is 60.1 Å². The summed E-state index contributed by atoms with van der Waals surface area (Å²) in [6, 6.07) is 18.4. The molecule has 0 bridgehead atoms. The van der Waals surface area contributed by atoms with Gasteiger partial charge >= 0.3 is 6.09 Å². The molecule has 2 aromatic carbocycles. The summed E-state index contributed by atoms with van der Waals surface area (Å²) in [5, 5.41) is 2.63. The minimum Gasteiger partial charge on any atom is -0.444 e. The van der Waals surface area contributed by atoms with Crippen LogP contribution < -0.4 is 0 Å². The second-order valence-electron chi connectivity index (χ2n) is 8.50. The van der Waals surface area contributed by atoms with Crippen molar-refractivity contribution < 1.29 is 9.53 Å². The number of nitrogens with zero attached hydrogens (tertiary/aromatic N) is 2. The second kappa shape index (κ2) is 8.11. The molecule has 0 atom stereocenters. The number of rotatable bonds is 2. The van der Waals surface area contributed by atoms with Crippen LogP contribution in [0.15, 0.2) is 60.7 Å². The zero-order valence-electron chi connectivity index (χ0n) is 17.5. The number of fused-ring (bicyclic) bond motifs is 1. The Labute approximate surface area is 182 Å². The summed E-state index contributed by atoms with van der Waals surface area (Å²) in [6.45, 7) is 6.84. The van der Waals surface area contributed by atoms with E-state index >= 15 is 0 Å². The molecular weight excluding hydrogens is 396 g/mol. The van der Waals surface area contributed by atoms with Gasteiger partial charge in [-0.15, -0.1) is 0 Å². The van der Waals surface area contributed by atoms with Crippen LogP contribution in [-0.4, -0.2) is 34.7 Å². The van der Waals surface area contributed by atoms with Crippen molar-refractivity contribution >= 4 is 34.0 Å². The van der Waals surface area contributed by atoms with Gasteiger partial charge in [0.2, 0.25) is 0 Å². The summed E-state index contributed by atoms with van der Waals surface area (Å²) in [5.74, 6) is 0. The Hall–Kier alpha value is -2.85. The first-order valence-electron chi connectivity index (χ1n) is 10.1. The topological polar surface area (TPSA) is 42.4 Å². The van der Waals surface area contributed by atoms with E-state index in [1.165, 1.54) is 5.57 Å². The average Bonchev–Trinajstić information content (AvgIpc) is 2.72. The van der Waals surface area contributed by atoms with Gasteiger partial charge in [0.15, 0.2) is 0 Å². The normalized spacial score (nSPS) is 14.5. The summed E-state index contributed by atoms with van der Waals surface area (Å²) in [6.07, 6.45) is 2.63. The molecule has 4 nitrogen and oxygen atoms in total. The van der Waals surface area contributed by atoms with Crippen molar-refractivity contribution in [2.45, 2.75) is 32.8 Å². The molecular formula is C25H25ClN2O2. The lowest BCUT2D eigenvalue weighted by Crippen LogP contribution is -2.39. The van der Waals surface area contributed by atoms with Gasteiger partial charge in [-0.25, -0.2) is 9.78 Å². The maximum Gasteiger partial charge on any atom is 0.410 e. The van der Waals surface area contributed by atoms with Gasteiger partial charge in [0.1, 0.15) is 10.8 Å². The minimum atomic E-state index is -0.484. The Kier molecular flexibility index (Phi) is 5.52. The van der Waals surface area contributed by atoms with Gasteiger partial charge in [-0.2, -0.15) is 0 Å². The number of aromatic nitrogens is 1. The van der Waals surface area contributed by atoms with Crippen molar-refractivity contribution in [1.29, 1.82) is 0 Å². The van der Waals surface area contributed by atoms with Gasteiger partial charge < -0.3 is 9.64 Å². The number of benzene rings is 2. The molecule has 0 aliphatic carbocycles. The molecule has 0 fully saturated rings. The summed E-state index contributed by atoms with van der Waals surface area (Å²) in [7, 11) is 0. The van der Waals surface area contributed by atoms with Gasteiger partial charge in [0.05, 0.1) is 5.69 Å². The lowest BCUT2D eigenvalue weighted by Gasteiger charge is -2.29. The standard InChI is InChI=1S/C25H25ClN2O2/c1-25(2,3)30-24(29)28-13-11-17(12-14-28)18-8-6-9-20(15-18)23-21-10-5-4-7-19(21)16-22(26)27-23/h4-11,15-16H,12-14H2,1-3H3. The predicted octanol–water partition coefficient (Wildman–Crippen LogP) is 6.58. The molecule has 5 heteroatoms. The molecule has 1 aliphatic rings.